The van der Waals surface area contributed by atoms with Gasteiger partial charge in [0.25, 0.3) is 5.91 Å². The molecule has 0 bridgehead atoms. The Morgan fingerprint density at radius 1 is 1.22 bits per heavy atom. The number of nitrogens with one attached hydrogen (secondary N) is 1. The van der Waals surface area contributed by atoms with Crippen molar-refractivity contribution in [3.63, 3.8) is 0 Å². The van der Waals surface area contributed by atoms with E-state index in [4.69, 9.17) is 4.74 Å². The molecular formula is C25H35N5O2. The Kier molecular flexibility index (Phi) is 8.07. The van der Waals surface area contributed by atoms with Crippen LogP contribution in [-0.4, -0.2) is 64.0 Å². The Hall–Kier alpha value is -2.51. The van der Waals surface area contributed by atoms with Crippen LogP contribution in [0.25, 0.3) is 5.82 Å². The Morgan fingerprint density at radius 3 is 2.78 bits per heavy atom. The summed E-state index contributed by atoms with van der Waals surface area (Å²) in [6.45, 7) is 5.96. The summed E-state index contributed by atoms with van der Waals surface area (Å²) < 4.78 is 7.62. The zero-order valence-electron chi connectivity index (χ0n) is 19.0. The number of piperidine rings is 1. The Bertz CT molecular complexity index is 857. The summed E-state index contributed by atoms with van der Waals surface area (Å²) in [5.74, 6) is 1.18. The second-order valence-corrected chi connectivity index (χ2v) is 8.88. The van der Waals surface area contributed by atoms with E-state index >= 15 is 0 Å². The van der Waals surface area contributed by atoms with Crippen molar-refractivity contribution in [1.29, 1.82) is 0 Å². The summed E-state index contributed by atoms with van der Waals surface area (Å²) >= 11 is 0. The molecule has 2 atom stereocenters. The first-order chi connectivity index (χ1) is 15.7. The highest BCUT2D eigenvalue weighted by Crippen LogP contribution is 2.27. The van der Waals surface area contributed by atoms with E-state index in [1.54, 1.807) is 17.1 Å². The van der Waals surface area contributed by atoms with E-state index in [0.29, 0.717) is 23.4 Å². The fraction of sp³-hybridized carbons (Fsp3) is 0.560. The van der Waals surface area contributed by atoms with Crippen molar-refractivity contribution in [2.24, 2.45) is 5.92 Å². The van der Waals surface area contributed by atoms with E-state index in [9.17, 15) is 4.79 Å². The summed E-state index contributed by atoms with van der Waals surface area (Å²) in [5.41, 5.74) is 0.601. The van der Waals surface area contributed by atoms with Crippen LogP contribution in [-0.2, 0) is 4.74 Å². The third kappa shape index (κ3) is 6.04. The van der Waals surface area contributed by atoms with Gasteiger partial charge in [-0.2, -0.15) is 5.10 Å². The molecule has 7 heteroatoms. The molecule has 1 amide bonds. The van der Waals surface area contributed by atoms with Gasteiger partial charge in [-0.15, -0.1) is 0 Å². The molecule has 4 rings (SSSR count). The number of likely N-dealkylation sites (tertiary alicyclic amines) is 1. The number of allylic oxidation sites excluding steroid dienone is 1. The highest BCUT2D eigenvalue weighted by atomic mass is 16.5. The second kappa shape index (κ2) is 11.4. The first-order valence-electron chi connectivity index (χ1n) is 11.9. The van der Waals surface area contributed by atoms with Crippen LogP contribution in [0.4, 0.5) is 0 Å². The number of pyridine rings is 1. The molecule has 0 unspecified atom stereocenters. The molecule has 1 saturated heterocycles. The van der Waals surface area contributed by atoms with E-state index in [1.165, 1.54) is 19.3 Å². The average Bonchev–Trinajstić information content (AvgIpc) is 3.37. The van der Waals surface area contributed by atoms with E-state index < -0.39 is 0 Å². The number of carbonyl (C=O) groups is 1. The molecule has 0 spiro atoms. The molecular weight excluding hydrogens is 402 g/mol. The lowest BCUT2D eigenvalue weighted by atomic mass is 9.83. The lowest BCUT2D eigenvalue weighted by molar-refractivity contribution is 0.0153. The minimum absolute atomic E-state index is 0.0301. The fourth-order valence-electron chi connectivity index (χ4n) is 4.81. The van der Waals surface area contributed by atoms with Crippen LogP contribution in [0.5, 0.6) is 0 Å². The Balaban J connectivity index is 1.28. The average molecular weight is 438 g/mol. The standard InChI is InChI=1S/C25H35N5O2/c1-2-3-17-32-22-11-15-29(16-12-22)19-21-7-4-5-8-23(21)28-25(31)20-9-10-24(26-18-20)30-14-6-13-27-30/h2-3,6,9-10,13-14,18,21-23H,4-5,7-8,11-12,15-17,19H2,1H3,(H,28,31)/b3-2+/t21-,23+/m1/s1. The van der Waals surface area contributed by atoms with Gasteiger partial charge in [0.15, 0.2) is 5.82 Å². The molecule has 0 aromatic carbocycles. The van der Waals surface area contributed by atoms with Crippen molar-refractivity contribution >= 4 is 5.91 Å². The zero-order chi connectivity index (χ0) is 22.2. The number of hydrogen-bond acceptors (Lipinski definition) is 5. The second-order valence-electron chi connectivity index (χ2n) is 8.88. The van der Waals surface area contributed by atoms with Crippen LogP contribution in [0.1, 0.15) is 55.8 Å². The monoisotopic (exact) mass is 437 g/mol. The largest absolute Gasteiger partial charge is 0.374 e. The van der Waals surface area contributed by atoms with Gasteiger partial charge >= 0.3 is 0 Å². The minimum atomic E-state index is -0.0301. The zero-order valence-corrected chi connectivity index (χ0v) is 19.0. The van der Waals surface area contributed by atoms with E-state index in [0.717, 1.165) is 45.5 Å². The maximum Gasteiger partial charge on any atom is 0.253 e. The van der Waals surface area contributed by atoms with Crippen LogP contribution in [0.2, 0.25) is 0 Å². The van der Waals surface area contributed by atoms with Crippen molar-refractivity contribution < 1.29 is 9.53 Å². The van der Waals surface area contributed by atoms with Gasteiger partial charge in [0.1, 0.15) is 0 Å². The molecule has 1 aliphatic carbocycles. The van der Waals surface area contributed by atoms with Crippen molar-refractivity contribution in [1.82, 2.24) is 25.0 Å². The van der Waals surface area contributed by atoms with Crippen molar-refractivity contribution in [3.8, 4) is 5.82 Å². The van der Waals surface area contributed by atoms with Crippen LogP contribution in [0, 0.1) is 5.92 Å². The van der Waals surface area contributed by atoms with Crippen LogP contribution in [0.3, 0.4) is 0 Å². The van der Waals surface area contributed by atoms with Crippen LogP contribution in [0.15, 0.2) is 48.9 Å². The third-order valence-electron chi connectivity index (χ3n) is 6.67. The summed E-state index contributed by atoms with van der Waals surface area (Å²) in [5, 5.41) is 7.49. The molecule has 1 aliphatic heterocycles. The van der Waals surface area contributed by atoms with Gasteiger partial charge in [0, 0.05) is 44.3 Å². The lowest BCUT2D eigenvalue weighted by Gasteiger charge is -2.38. The topological polar surface area (TPSA) is 72.3 Å². The Labute approximate surface area is 190 Å². The summed E-state index contributed by atoms with van der Waals surface area (Å²) in [4.78, 5) is 19.9. The van der Waals surface area contributed by atoms with Gasteiger partial charge in [0.05, 0.1) is 18.3 Å². The van der Waals surface area contributed by atoms with Gasteiger partial charge < -0.3 is 15.0 Å². The van der Waals surface area contributed by atoms with Crippen LogP contribution < -0.4 is 5.32 Å². The first-order valence-corrected chi connectivity index (χ1v) is 11.9. The number of aromatic nitrogens is 3. The number of nitrogens with zero attached hydrogens (tertiary/aromatic N) is 4. The normalized spacial score (nSPS) is 22.9. The van der Waals surface area contributed by atoms with Gasteiger partial charge in [0.2, 0.25) is 0 Å². The van der Waals surface area contributed by atoms with Crippen molar-refractivity contribution in [2.45, 2.75) is 57.6 Å². The molecule has 1 N–H and O–H groups in total. The molecule has 2 fully saturated rings. The predicted molar refractivity (Wildman–Crippen MR) is 125 cm³/mol. The lowest BCUT2D eigenvalue weighted by Crippen LogP contribution is -2.48. The van der Waals surface area contributed by atoms with Gasteiger partial charge in [-0.3, -0.25) is 4.79 Å². The van der Waals surface area contributed by atoms with E-state index in [2.05, 4.69) is 26.4 Å². The summed E-state index contributed by atoms with van der Waals surface area (Å²) in [6, 6.07) is 5.74. The molecule has 0 radical (unpaired) electrons. The smallest absolute Gasteiger partial charge is 0.253 e. The maximum absolute atomic E-state index is 12.9. The molecule has 2 aromatic rings. The number of ether oxygens (including phenoxy) is 1. The molecule has 2 aliphatic rings. The highest BCUT2D eigenvalue weighted by molar-refractivity contribution is 5.94. The molecule has 3 heterocycles. The third-order valence-corrected chi connectivity index (χ3v) is 6.67. The molecule has 172 valence electrons. The fourth-order valence-corrected chi connectivity index (χ4v) is 4.81. The highest BCUT2D eigenvalue weighted by Gasteiger charge is 2.30. The summed E-state index contributed by atoms with van der Waals surface area (Å²) in [6.07, 6.45) is 16.5. The van der Waals surface area contributed by atoms with Crippen molar-refractivity contribution in [2.75, 3.05) is 26.2 Å². The number of rotatable bonds is 8. The number of amides is 1. The molecule has 1 saturated carbocycles. The number of carbonyl (C=O) groups excluding carboxylic acids is 1. The SMILES string of the molecule is C/C=C/COC1CCN(C[C@H]2CCCC[C@@H]2NC(=O)c2ccc(-n3cccn3)nc2)CC1. The summed E-state index contributed by atoms with van der Waals surface area (Å²) in [7, 11) is 0. The van der Waals surface area contributed by atoms with E-state index in [1.807, 2.05) is 37.4 Å². The van der Waals surface area contributed by atoms with Gasteiger partial charge in [-0.05, 0) is 56.7 Å². The molecule has 7 nitrogen and oxygen atoms in total. The molecule has 32 heavy (non-hydrogen) atoms. The van der Waals surface area contributed by atoms with E-state index in [-0.39, 0.29) is 11.9 Å². The van der Waals surface area contributed by atoms with Crippen LogP contribution >= 0.6 is 0 Å². The Morgan fingerprint density at radius 2 is 2.06 bits per heavy atom. The quantitative estimate of drug-likeness (QED) is 0.639. The minimum Gasteiger partial charge on any atom is -0.374 e. The van der Waals surface area contributed by atoms with Gasteiger partial charge in [-0.1, -0.05) is 25.0 Å². The molecule has 2 aromatic heterocycles. The first kappa shape index (κ1) is 22.7. The predicted octanol–water partition coefficient (Wildman–Crippen LogP) is 3.61. The number of hydrogen-bond donors (Lipinski definition) is 1. The maximum atomic E-state index is 12.9. The van der Waals surface area contributed by atoms with Crippen molar-refractivity contribution in [3.05, 3.63) is 54.5 Å². The van der Waals surface area contributed by atoms with Gasteiger partial charge in [-0.25, -0.2) is 9.67 Å².